The second kappa shape index (κ2) is 8.38. The molecule has 29 heavy (non-hydrogen) atoms. The van der Waals surface area contributed by atoms with Gasteiger partial charge in [0.15, 0.2) is 0 Å². The Morgan fingerprint density at radius 1 is 1.28 bits per heavy atom. The molecule has 0 atom stereocenters. The molecule has 0 aliphatic rings. The van der Waals surface area contributed by atoms with Gasteiger partial charge in [0.1, 0.15) is 5.82 Å². The molecule has 0 aliphatic carbocycles. The molecule has 3 aromatic rings. The Morgan fingerprint density at radius 3 is 2.66 bits per heavy atom. The molecule has 2 heterocycles. The normalized spacial score (nSPS) is 11.1. The van der Waals surface area contributed by atoms with E-state index in [-0.39, 0.29) is 46.9 Å². The van der Waals surface area contributed by atoms with E-state index in [1.54, 1.807) is 32.0 Å². The van der Waals surface area contributed by atoms with Crippen molar-refractivity contribution in [1.29, 1.82) is 0 Å². The van der Waals surface area contributed by atoms with Crippen LogP contribution >= 0.6 is 0 Å². The summed E-state index contributed by atoms with van der Waals surface area (Å²) in [6, 6.07) is 7.66. The van der Waals surface area contributed by atoms with E-state index in [9.17, 15) is 14.0 Å². The maximum atomic E-state index is 14.3. The van der Waals surface area contributed by atoms with Crippen molar-refractivity contribution in [1.82, 2.24) is 20.4 Å². The number of nitrogens with one attached hydrogen (secondary N) is 1. The van der Waals surface area contributed by atoms with Gasteiger partial charge in [0.25, 0.3) is 11.6 Å². The van der Waals surface area contributed by atoms with Crippen LogP contribution in [0.25, 0.3) is 22.4 Å². The Morgan fingerprint density at radius 2 is 2.00 bits per heavy atom. The molecule has 152 valence electrons. The minimum atomic E-state index is -0.461. The van der Waals surface area contributed by atoms with Crippen molar-refractivity contribution in [3.05, 3.63) is 47.4 Å². The van der Waals surface area contributed by atoms with Crippen LogP contribution in [0.5, 0.6) is 0 Å². The van der Waals surface area contributed by atoms with Gasteiger partial charge in [-0.3, -0.25) is 9.59 Å². The second-order valence-electron chi connectivity index (χ2n) is 7.02. The van der Waals surface area contributed by atoms with Crippen LogP contribution in [0.15, 0.2) is 34.9 Å². The van der Waals surface area contributed by atoms with E-state index in [4.69, 9.17) is 4.52 Å². The fourth-order valence-electron chi connectivity index (χ4n) is 3.11. The number of aryl methyl sites for hydroxylation is 1. The van der Waals surface area contributed by atoms with E-state index < -0.39 is 5.82 Å². The van der Waals surface area contributed by atoms with Crippen LogP contribution in [0.3, 0.4) is 0 Å². The average molecular weight is 398 g/mol. The van der Waals surface area contributed by atoms with Gasteiger partial charge >= 0.3 is 0 Å². The van der Waals surface area contributed by atoms with Gasteiger partial charge in [-0.15, -0.1) is 0 Å². The molecule has 0 aliphatic heterocycles. The number of amides is 2. The van der Waals surface area contributed by atoms with E-state index in [2.05, 4.69) is 15.5 Å². The largest absolute Gasteiger partial charge is 0.352 e. The fraction of sp³-hybridized carbons (Fsp3) is 0.333. The average Bonchev–Trinajstić information content (AvgIpc) is 3.05. The number of nitrogens with zero attached hydrogens (tertiary/aromatic N) is 3. The molecule has 3 rings (SSSR count). The van der Waals surface area contributed by atoms with Crippen molar-refractivity contribution in [3.63, 3.8) is 0 Å². The lowest BCUT2D eigenvalue weighted by Gasteiger charge is -2.21. The number of rotatable bonds is 6. The molecule has 2 aromatic heterocycles. The topological polar surface area (TPSA) is 88.3 Å². The van der Waals surface area contributed by atoms with Crippen LogP contribution in [-0.2, 0) is 4.79 Å². The number of aromatic nitrogens is 2. The summed E-state index contributed by atoms with van der Waals surface area (Å²) in [4.78, 5) is 31.2. The van der Waals surface area contributed by atoms with Gasteiger partial charge in [-0.05, 0) is 45.9 Å². The molecule has 1 aromatic carbocycles. The number of hydrogen-bond acceptors (Lipinski definition) is 5. The summed E-state index contributed by atoms with van der Waals surface area (Å²) < 4.78 is 19.6. The fourth-order valence-corrected chi connectivity index (χ4v) is 3.11. The highest BCUT2D eigenvalue weighted by Crippen LogP contribution is 2.29. The standard InChI is InChI=1S/C21H23FN4O3/c1-5-26(11-18(27)23-12(2)3)21(28)15-10-17(14-8-6-7-9-16(14)22)24-20-19(15)13(4)25-29-20/h6-10,12H,5,11H2,1-4H3,(H,23,27). The first-order valence-corrected chi connectivity index (χ1v) is 9.42. The second-order valence-corrected chi connectivity index (χ2v) is 7.02. The van der Waals surface area contributed by atoms with E-state index in [1.165, 1.54) is 17.0 Å². The van der Waals surface area contributed by atoms with Crippen molar-refractivity contribution in [2.24, 2.45) is 0 Å². The van der Waals surface area contributed by atoms with Crippen molar-refractivity contribution in [3.8, 4) is 11.3 Å². The van der Waals surface area contributed by atoms with Gasteiger partial charge < -0.3 is 14.7 Å². The Hall–Kier alpha value is -3.29. The zero-order valence-electron chi connectivity index (χ0n) is 16.8. The summed E-state index contributed by atoms with van der Waals surface area (Å²) in [6.45, 7) is 7.43. The van der Waals surface area contributed by atoms with Gasteiger partial charge in [0.2, 0.25) is 5.91 Å². The predicted octanol–water partition coefficient (Wildman–Crippen LogP) is 3.32. The number of benzene rings is 1. The van der Waals surface area contributed by atoms with E-state index in [0.29, 0.717) is 17.6 Å². The monoisotopic (exact) mass is 398 g/mol. The Balaban J connectivity index is 2.07. The highest BCUT2D eigenvalue weighted by atomic mass is 19.1. The molecule has 2 amide bonds. The number of fused-ring (bicyclic) bond motifs is 1. The Bertz CT molecular complexity index is 1060. The van der Waals surface area contributed by atoms with Crippen LogP contribution in [0, 0.1) is 12.7 Å². The minimum absolute atomic E-state index is 0.0306. The van der Waals surface area contributed by atoms with Crippen molar-refractivity contribution < 1.29 is 18.5 Å². The summed E-state index contributed by atoms with van der Waals surface area (Å²) in [5, 5.41) is 7.13. The SMILES string of the molecule is CCN(CC(=O)NC(C)C)C(=O)c1cc(-c2ccccc2F)nc2onc(C)c12. The van der Waals surface area contributed by atoms with Gasteiger partial charge in [-0.25, -0.2) is 9.37 Å². The molecule has 0 unspecified atom stereocenters. The number of halogens is 1. The van der Waals surface area contributed by atoms with Crippen molar-refractivity contribution >= 4 is 22.9 Å². The third kappa shape index (κ3) is 4.26. The summed E-state index contributed by atoms with van der Waals surface area (Å²) in [6.07, 6.45) is 0. The number of carbonyl (C=O) groups excluding carboxylic acids is 2. The molecule has 7 nitrogen and oxygen atoms in total. The summed E-state index contributed by atoms with van der Waals surface area (Å²) >= 11 is 0. The Kier molecular flexibility index (Phi) is 5.91. The number of pyridine rings is 1. The number of hydrogen-bond donors (Lipinski definition) is 1. The molecule has 0 fully saturated rings. The predicted molar refractivity (Wildman–Crippen MR) is 107 cm³/mol. The lowest BCUT2D eigenvalue weighted by molar-refractivity contribution is -0.122. The summed E-state index contributed by atoms with van der Waals surface area (Å²) in [5.41, 5.74) is 1.43. The van der Waals surface area contributed by atoms with Crippen LogP contribution in [0.4, 0.5) is 4.39 Å². The summed E-state index contributed by atoms with van der Waals surface area (Å²) in [5.74, 6) is -1.09. The quantitative estimate of drug-likeness (QED) is 0.688. The van der Waals surface area contributed by atoms with Crippen LogP contribution in [-0.4, -0.2) is 46.0 Å². The molecule has 0 saturated heterocycles. The smallest absolute Gasteiger partial charge is 0.259 e. The first-order chi connectivity index (χ1) is 13.8. The molecule has 0 bridgehead atoms. The molecule has 0 radical (unpaired) electrons. The third-order valence-electron chi connectivity index (χ3n) is 4.45. The lowest BCUT2D eigenvalue weighted by Crippen LogP contribution is -2.42. The van der Waals surface area contributed by atoms with Crippen LogP contribution < -0.4 is 5.32 Å². The molecular weight excluding hydrogens is 375 g/mol. The first kappa shape index (κ1) is 20.4. The van der Waals surface area contributed by atoms with E-state index >= 15 is 0 Å². The molecule has 1 N–H and O–H groups in total. The van der Waals surface area contributed by atoms with Crippen LogP contribution in [0.2, 0.25) is 0 Å². The minimum Gasteiger partial charge on any atom is -0.352 e. The van der Waals surface area contributed by atoms with Gasteiger partial charge in [-0.2, -0.15) is 0 Å². The maximum Gasteiger partial charge on any atom is 0.259 e. The summed E-state index contributed by atoms with van der Waals surface area (Å²) in [7, 11) is 0. The van der Waals surface area contributed by atoms with Crippen LogP contribution in [0.1, 0.15) is 36.8 Å². The lowest BCUT2D eigenvalue weighted by atomic mass is 10.0. The number of likely N-dealkylation sites (N-methyl/N-ethyl adjacent to an activating group) is 1. The van der Waals surface area contributed by atoms with Gasteiger partial charge in [0, 0.05) is 18.2 Å². The molecular formula is C21H23FN4O3. The highest BCUT2D eigenvalue weighted by Gasteiger charge is 2.25. The van der Waals surface area contributed by atoms with E-state index in [0.717, 1.165) is 0 Å². The molecule has 0 saturated carbocycles. The maximum absolute atomic E-state index is 14.3. The number of carbonyl (C=O) groups is 2. The zero-order chi connectivity index (χ0) is 21.1. The third-order valence-corrected chi connectivity index (χ3v) is 4.45. The van der Waals surface area contributed by atoms with Crippen molar-refractivity contribution in [2.45, 2.75) is 33.7 Å². The molecule has 8 heteroatoms. The van der Waals surface area contributed by atoms with Gasteiger partial charge in [-0.1, -0.05) is 17.3 Å². The van der Waals surface area contributed by atoms with Gasteiger partial charge in [0.05, 0.1) is 28.9 Å². The molecule has 0 spiro atoms. The van der Waals surface area contributed by atoms with Crippen molar-refractivity contribution in [2.75, 3.05) is 13.1 Å². The zero-order valence-corrected chi connectivity index (χ0v) is 16.8. The Labute approximate surface area is 167 Å². The van der Waals surface area contributed by atoms with E-state index in [1.807, 2.05) is 13.8 Å². The first-order valence-electron chi connectivity index (χ1n) is 9.42. The highest BCUT2D eigenvalue weighted by molar-refractivity contribution is 6.07.